The number of hydrogen-bond acceptors (Lipinski definition) is 3. The highest BCUT2D eigenvalue weighted by Gasteiger charge is 2.37. The Kier molecular flexibility index (Phi) is 4.30. The summed E-state index contributed by atoms with van der Waals surface area (Å²) in [6.45, 7) is 6.07. The van der Waals surface area contributed by atoms with E-state index in [0.29, 0.717) is 17.4 Å². The van der Waals surface area contributed by atoms with Crippen LogP contribution >= 0.6 is 12.2 Å². The van der Waals surface area contributed by atoms with Crippen LogP contribution in [0.25, 0.3) is 10.8 Å². The van der Waals surface area contributed by atoms with Crippen LogP contribution in [0.15, 0.2) is 54.7 Å². The van der Waals surface area contributed by atoms with Gasteiger partial charge in [-0.15, -0.1) is 0 Å². The molecule has 2 aromatic rings. The number of benzene rings is 2. The van der Waals surface area contributed by atoms with Crippen molar-refractivity contribution in [3.05, 3.63) is 60.3 Å². The minimum absolute atomic E-state index is 0.292. The lowest BCUT2D eigenvalue weighted by Crippen LogP contribution is -2.50. The number of ether oxygens (including phenoxy) is 1. The summed E-state index contributed by atoms with van der Waals surface area (Å²) in [5.74, 6) is -0.832. The van der Waals surface area contributed by atoms with E-state index in [2.05, 4.69) is 29.3 Å². The van der Waals surface area contributed by atoms with Crippen LogP contribution in [-0.2, 0) is 9.53 Å². The fourth-order valence-electron chi connectivity index (χ4n) is 2.87. The number of nitrogens with one attached hydrogen (secondary N) is 2. The van der Waals surface area contributed by atoms with E-state index < -0.39 is 5.92 Å². The number of esters is 1. The molecule has 23 heavy (non-hydrogen) atoms. The highest BCUT2D eigenvalue weighted by molar-refractivity contribution is 7.80. The minimum Gasteiger partial charge on any atom is -0.465 e. The van der Waals surface area contributed by atoms with Crippen LogP contribution in [0, 0.1) is 5.92 Å². The molecule has 0 radical (unpaired) electrons. The second-order valence-electron chi connectivity index (χ2n) is 5.44. The summed E-state index contributed by atoms with van der Waals surface area (Å²) in [6, 6.07) is 13.9. The summed E-state index contributed by atoms with van der Waals surface area (Å²) < 4.78 is 5.20. The number of fused-ring (bicyclic) bond motifs is 1. The highest BCUT2D eigenvalue weighted by Crippen LogP contribution is 2.32. The molecule has 1 saturated heterocycles. The summed E-state index contributed by atoms with van der Waals surface area (Å²) in [6.07, 6.45) is 0. The van der Waals surface area contributed by atoms with E-state index in [-0.39, 0.29) is 12.0 Å². The molecule has 1 fully saturated rings. The quantitative estimate of drug-likeness (QED) is 0.671. The Morgan fingerprint density at radius 1 is 1.26 bits per heavy atom. The Hall–Kier alpha value is -2.40. The van der Waals surface area contributed by atoms with Crippen LogP contribution in [0.4, 0.5) is 0 Å². The van der Waals surface area contributed by atoms with Crippen LogP contribution in [0.1, 0.15) is 18.5 Å². The van der Waals surface area contributed by atoms with Crippen molar-refractivity contribution in [2.45, 2.75) is 13.0 Å². The predicted octanol–water partition coefficient (Wildman–Crippen LogP) is 3.05. The number of thiocarbonyl (C=S) groups is 1. The number of hydrogen-bond donors (Lipinski definition) is 2. The van der Waals surface area contributed by atoms with E-state index in [1.165, 1.54) is 0 Å². The molecule has 2 unspecified atom stereocenters. The second-order valence-corrected chi connectivity index (χ2v) is 5.85. The van der Waals surface area contributed by atoms with E-state index in [9.17, 15) is 4.79 Å². The number of carbonyl (C=O) groups excluding carboxylic acids is 1. The predicted molar refractivity (Wildman–Crippen MR) is 94.8 cm³/mol. The molecular formula is C18H18N2O2S. The fraction of sp³-hybridized carbons (Fsp3) is 0.222. The van der Waals surface area contributed by atoms with Crippen molar-refractivity contribution < 1.29 is 9.53 Å². The van der Waals surface area contributed by atoms with Crippen LogP contribution in [0.3, 0.4) is 0 Å². The monoisotopic (exact) mass is 326 g/mol. The molecule has 0 spiro atoms. The Morgan fingerprint density at radius 2 is 2.00 bits per heavy atom. The topological polar surface area (TPSA) is 50.4 Å². The molecule has 0 bridgehead atoms. The third kappa shape index (κ3) is 3.05. The molecule has 2 aromatic carbocycles. The van der Waals surface area contributed by atoms with E-state index in [4.69, 9.17) is 17.0 Å². The summed E-state index contributed by atoms with van der Waals surface area (Å²) in [5, 5.41) is 8.84. The van der Waals surface area contributed by atoms with Gasteiger partial charge in [0.05, 0.1) is 12.6 Å². The molecule has 0 saturated carbocycles. The first kappa shape index (κ1) is 15.5. The SMILES string of the molecule is C=C1NC(=S)NC(c2ccc3ccccc3c2)C1C(=O)OCC. The van der Waals surface area contributed by atoms with Gasteiger partial charge in [0, 0.05) is 5.70 Å². The van der Waals surface area contributed by atoms with Gasteiger partial charge < -0.3 is 15.4 Å². The molecule has 5 heteroatoms. The lowest BCUT2D eigenvalue weighted by Gasteiger charge is -2.34. The maximum atomic E-state index is 12.4. The first-order valence-corrected chi connectivity index (χ1v) is 7.92. The van der Waals surface area contributed by atoms with Gasteiger partial charge in [-0.1, -0.05) is 43.0 Å². The Balaban J connectivity index is 2.02. The van der Waals surface area contributed by atoms with Crippen LogP contribution in [0.5, 0.6) is 0 Å². The van der Waals surface area contributed by atoms with Crippen molar-refractivity contribution in [2.24, 2.45) is 5.92 Å². The zero-order valence-electron chi connectivity index (χ0n) is 12.8. The van der Waals surface area contributed by atoms with Crippen molar-refractivity contribution in [1.29, 1.82) is 0 Å². The van der Waals surface area contributed by atoms with Crippen molar-refractivity contribution in [2.75, 3.05) is 6.61 Å². The van der Waals surface area contributed by atoms with Gasteiger partial charge in [0.15, 0.2) is 5.11 Å². The first-order chi connectivity index (χ1) is 11.1. The molecule has 1 aliphatic heterocycles. The molecule has 118 valence electrons. The lowest BCUT2D eigenvalue weighted by atomic mass is 9.88. The van der Waals surface area contributed by atoms with Gasteiger partial charge in [0.1, 0.15) is 5.92 Å². The fourth-order valence-corrected chi connectivity index (χ4v) is 3.13. The molecule has 2 atom stereocenters. The molecule has 0 amide bonds. The highest BCUT2D eigenvalue weighted by atomic mass is 32.1. The maximum Gasteiger partial charge on any atom is 0.317 e. The van der Waals surface area contributed by atoms with E-state index in [1.807, 2.05) is 30.3 Å². The average molecular weight is 326 g/mol. The third-order valence-corrected chi connectivity index (χ3v) is 4.16. The first-order valence-electron chi connectivity index (χ1n) is 7.52. The standard InChI is InChI=1S/C18H18N2O2S/c1-3-22-17(21)15-11(2)19-18(23)20-16(15)14-9-8-12-6-4-5-7-13(12)10-14/h4-10,15-16H,2-3H2,1H3,(H2,19,20,23). The molecule has 1 aliphatic rings. The molecule has 3 rings (SSSR count). The normalized spacial score (nSPS) is 20.7. The van der Waals surface area contributed by atoms with Crippen molar-refractivity contribution >= 4 is 34.1 Å². The Morgan fingerprint density at radius 3 is 2.74 bits per heavy atom. The maximum absolute atomic E-state index is 12.4. The molecule has 2 N–H and O–H groups in total. The van der Waals surface area contributed by atoms with E-state index in [1.54, 1.807) is 6.92 Å². The second kappa shape index (κ2) is 6.38. The summed E-state index contributed by atoms with van der Waals surface area (Å²) in [7, 11) is 0. The summed E-state index contributed by atoms with van der Waals surface area (Å²) in [4.78, 5) is 12.4. The Bertz CT molecular complexity index is 787. The largest absolute Gasteiger partial charge is 0.465 e. The van der Waals surface area contributed by atoms with Crippen LogP contribution in [0.2, 0.25) is 0 Å². The van der Waals surface area contributed by atoms with Crippen molar-refractivity contribution in [3.63, 3.8) is 0 Å². The summed E-state index contributed by atoms with van der Waals surface area (Å²) >= 11 is 5.22. The van der Waals surface area contributed by atoms with Gasteiger partial charge in [-0.05, 0) is 41.5 Å². The van der Waals surface area contributed by atoms with E-state index in [0.717, 1.165) is 16.3 Å². The van der Waals surface area contributed by atoms with Gasteiger partial charge in [0.2, 0.25) is 0 Å². The van der Waals surface area contributed by atoms with Crippen LogP contribution < -0.4 is 10.6 Å². The molecule has 1 heterocycles. The lowest BCUT2D eigenvalue weighted by molar-refractivity contribution is -0.147. The molecule has 0 aromatic heterocycles. The van der Waals surface area contributed by atoms with Gasteiger partial charge in [0.25, 0.3) is 0 Å². The van der Waals surface area contributed by atoms with Gasteiger partial charge >= 0.3 is 5.97 Å². The Labute approximate surface area is 140 Å². The van der Waals surface area contributed by atoms with Gasteiger partial charge in [-0.25, -0.2) is 0 Å². The van der Waals surface area contributed by atoms with Gasteiger partial charge in [-0.3, -0.25) is 4.79 Å². The number of carbonyl (C=O) groups is 1. The smallest absolute Gasteiger partial charge is 0.317 e. The molecular weight excluding hydrogens is 308 g/mol. The van der Waals surface area contributed by atoms with E-state index >= 15 is 0 Å². The average Bonchev–Trinajstić information content (AvgIpc) is 2.53. The molecule has 0 aliphatic carbocycles. The number of rotatable bonds is 3. The third-order valence-electron chi connectivity index (χ3n) is 3.94. The molecule has 4 nitrogen and oxygen atoms in total. The zero-order chi connectivity index (χ0) is 16.4. The minimum atomic E-state index is -0.525. The zero-order valence-corrected chi connectivity index (χ0v) is 13.7. The van der Waals surface area contributed by atoms with Gasteiger partial charge in [-0.2, -0.15) is 0 Å². The van der Waals surface area contributed by atoms with Crippen molar-refractivity contribution in [1.82, 2.24) is 10.6 Å². The van der Waals surface area contributed by atoms with Crippen LogP contribution in [-0.4, -0.2) is 17.7 Å². The van der Waals surface area contributed by atoms with Crippen molar-refractivity contribution in [3.8, 4) is 0 Å². The summed E-state index contributed by atoms with van der Waals surface area (Å²) in [5.41, 5.74) is 1.54.